The first kappa shape index (κ1) is 17.8. The lowest BCUT2D eigenvalue weighted by atomic mass is 10.1. The summed E-state index contributed by atoms with van der Waals surface area (Å²) in [5.41, 5.74) is 3.19. The minimum atomic E-state index is -0.629. The van der Waals surface area contributed by atoms with E-state index in [2.05, 4.69) is 15.6 Å². The molecule has 134 valence electrons. The zero-order valence-corrected chi connectivity index (χ0v) is 15.4. The highest BCUT2D eigenvalue weighted by atomic mass is 32.1. The van der Waals surface area contributed by atoms with Crippen LogP contribution in [-0.2, 0) is 4.79 Å². The molecule has 0 fully saturated rings. The van der Waals surface area contributed by atoms with Crippen LogP contribution in [0.2, 0.25) is 0 Å². The SMILES string of the molecule is Cc1cc(C)c(NC(=O)CNC(=O)c2cnc3sccn3c2=O)c(C)c1. The van der Waals surface area contributed by atoms with Crippen LogP contribution < -0.4 is 16.2 Å². The third-order valence-electron chi connectivity index (χ3n) is 3.94. The summed E-state index contributed by atoms with van der Waals surface area (Å²) in [5.74, 6) is -0.992. The van der Waals surface area contributed by atoms with Gasteiger partial charge in [0.25, 0.3) is 11.5 Å². The third-order valence-corrected chi connectivity index (χ3v) is 4.71. The molecule has 0 aliphatic carbocycles. The smallest absolute Gasteiger partial charge is 0.271 e. The minimum absolute atomic E-state index is 0.101. The molecule has 0 unspecified atom stereocenters. The van der Waals surface area contributed by atoms with E-state index in [0.717, 1.165) is 22.4 Å². The summed E-state index contributed by atoms with van der Waals surface area (Å²) in [4.78, 5) is 41.2. The van der Waals surface area contributed by atoms with E-state index in [1.807, 2.05) is 32.9 Å². The van der Waals surface area contributed by atoms with Gasteiger partial charge < -0.3 is 10.6 Å². The fourth-order valence-electron chi connectivity index (χ4n) is 2.80. The number of thiazole rings is 1. The molecule has 3 rings (SSSR count). The Morgan fingerprint density at radius 2 is 1.88 bits per heavy atom. The van der Waals surface area contributed by atoms with Crippen LogP contribution in [-0.4, -0.2) is 27.7 Å². The lowest BCUT2D eigenvalue weighted by Crippen LogP contribution is -2.36. The molecule has 26 heavy (non-hydrogen) atoms. The molecule has 0 radical (unpaired) electrons. The zero-order valence-electron chi connectivity index (χ0n) is 14.6. The van der Waals surface area contributed by atoms with Crippen molar-refractivity contribution in [3.05, 3.63) is 62.5 Å². The second kappa shape index (κ2) is 7.09. The van der Waals surface area contributed by atoms with Crippen LogP contribution in [0.15, 0.2) is 34.7 Å². The molecule has 2 amide bonds. The number of fused-ring (bicyclic) bond motifs is 1. The molecule has 8 heteroatoms. The monoisotopic (exact) mass is 370 g/mol. The molecule has 2 N–H and O–H groups in total. The predicted molar refractivity (Wildman–Crippen MR) is 101 cm³/mol. The molecular weight excluding hydrogens is 352 g/mol. The standard InChI is InChI=1S/C18H18N4O3S/c1-10-6-11(2)15(12(3)7-10)21-14(23)9-19-16(24)13-8-20-18-22(17(13)25)4-5-26-18/h4-8H,9H2,1-3H3,(H,19,24)(H,21,23). The molecule has 0 spiro atoms. The molecule has 0 bridgehead atoms. The van der Waals surface area contributed by atoms with E-state index in [1.54, 1.807) is 11.6 Å². The second-order valence-electron chi connectivity index (χ2n) is 6.04. The van der Waals surface area contributed by atoms with Crippen LogP contribution in [0.4, 0.5) is 5.69 Å². The lowest BCUT2D eigenvalue weighted by molar-refractivity contribution is -0.115. The number of carbonyl (C=O) groups excluding carboxylic acids is 2. The number of hydrogen-bond donors (Lipinski definition) is 2. The number of amides is 2. The first-order valence-electron chi connectivity index (χ1n) is 7.97. The topological polar surface area (TPSA) is 92.6 Å². The Labute approximate surface area is 153 Å². The summed E-state index contributed by atoms with van der Waals surface area (Å²) in [6.07, 6.45) is 2.79. The summed E-state index contributed by atoms with van der Waals surface area (Å²) >= 11 is 1.30. The molecule has 7 nitrogen and oxygen atoms in total. The van der Waals surface area contributed by atoms with Crippen LogP contribution in [0, 0.1) is 20.8 Å². The number of benzene rings is 1. The first-order valence-corrected chi connectivity index (χ1v) is 8.85. The van der Waals surface area contributed by atoms with Gasteiger partial charge in [-0.2, -0.15) is 0 Å². The van der Waals surface area contributed by atoms with Gasteiger partial charge in [0.15, 0.2) is 4.96 Å². The maximum Gasteiger partial charge on any atom is 0.271 e. The highest BCUT2D eigenvalue weighted by Gasteiger charge is 2.15. The van der Waals surface area contributed by atoms with Crippen molar-refractivity contribution in [3.8, 4) is 0 Å². The zero-order chi connectivity index (χ0) is 18.8. The van der Waals surface area contributed by atoms with E-state index in [1.165, 1.54) is 21.9 Å². The van der Waals surface area contributed by atoms with Crippen molar-refractivity contribution in [1.29, 1.82) is 0 Å². The Morgan fingerprint density at radius 1 is 1.19 bits per heavy atom. The van der Waals surface area contributed by atoms with Crippen molar-refractivity contribution in [1.82, 2.24) is 14.7 Å². The Morgan fingerprint density at radius 3 is 2.58 bits per heavy atom. The summed E-state index contributed by atoms with van der Waals surface area (Å²) in [7, 11) is 0. The van der Waals surface area contributed by atoms with E-state index in [4.69, 9.17) is 0 Å². The lowest BCUT2D eigenvalue weighted by Gasteiger charge is -2.13. The van der Waals surface area contributed by atoms with Gasteiger partial charge in [-0.05, 0) is 31.9 Å². The van der Waals surface area contributed by atoms with Crippen molar-refractivity contribution < 1.29 is 9.59 Å². The second-order valence-corrected chi connectivity index (χ2v) is 6.91. The average Bonchev–Trinajstić information content (AvgIpc) is 3.06. The molecular formula is C18H18N4O3S. The predicted octanol–water partition coefficient (Wildman–Crippen LogP) is 2.05. The fraction of sp³-hybridized carbons (Fsp3) is 0.222. The number of carbonyl (C=O) groups is 2. The van der Waals surface area contributed by atoms with Crippen molar-refractivity contribution in [2.24, 2.45) is 0 Å². The van der Waals surface area contributed by atoms with Crippen LogP contribution >= 0.6 is 11.3 Å². The Hall–Kier alpha value is -3.00. The first-order chi connectivity index (χ1) is 12.4. The van der Waals surface area contributed by atoms with Gasteiger partial charge in [0.05, 0.1) is 6.54 Å². The summed E-state index contributed by atoms with van der Waals surface area (Å²) < 4.78 is 1.30. The van der Waals surface area contributed by atoms with Crippen molar-refractivity contribution in [3.63, 3.8) is 0 Å². The Bertz CT molecular complexity index is 1040. The number of hydrogen-bond acceptors (Lipinski definition) is 5. The summed E-state index contributed by atoms with van der Waals surface area (Å²) in [6.45, 7) is 5.58. The van der Waals surface area contributed by atoms with Crippen molar-refractivity contribution >= 4 is 33.8 Å². The number of nitrogens with one attached hydrogen (secondary N) is 2. The third kappa shape index (κ3) is 3.50. The van der Waals surface area contributed by atoms with Crippen LogP contribution in [0.5, 0.6) is 0 Å². The van der Waals surface area contributed by atoms with Gasteiger partial charge in [0.2, 0.25) is 5.91 Å². The maximum absolute atomic E-state index is 12.3. The molecule has 0 atom stereocenters. The van der Waals surface area contributed by atoms with E-state index in [-0.39, 0.29) is 18.0 Å². The quantitative estimate of drug-likeness (QED) is 0.735. The van der Waals surface area contributed by atoms with E-state index in [9.17, 15) is 14.4 Å². The number of aryl methyl sites for hydroxylation is 3. The van der Waals surface area contributed by atoms with E-state index < -0.39 is 11.5 Å². The van der Waals surface area contributed by atoms with Gasteiger partial charge in [0, 0.05) is 23.5 Å². The molecule has 0 aliphatic heterocycles. The average molecular weight is 370 g/mol. The van der Waals surface area contributed by atoms with Gasteiger partial charge in [0.1, 0.15) is 5.56 Å². The molecule has 3 aromatic rings. The number of rotatable bonds is 4. The summed E-state index contributed by atoms with van der Waals surface area (Å²) in [6, 6.07) is 3.95. The molecule has 2 heterocycles. The van der Waals surface area contributed by atoms with Crippen LogP contribution in [0.1, 0.15) is 27.0 Å². The van der Waals surface area contributed by atoms with Gasteiger partial charge in [-0.15, -0.1) is 11.3 Å². The minimum Gasteiger partial charge on any atom is -0.343 e. The molecule has 1 aromatic carbocycles. The Balaban J connectivity index is 1.68. The van der Waals surface area contributed by atoms with Gasteiger partial charge in [-0.25, -0.2) is 4.98 Å². The van der Waals surface area contributed by atoms with Crippen LogP contribution in [0.3, 0.4) is 0 Å². The van der Waals surface area contributed by atoms with Gasteiger partial charge in [-0.3, -0.25) is 18.8 Å². The maximum atomic E-state index is 12.3. The van der Waals surface area contributed by atoms with Crippen molar-refractivity contribution in [2.75, 3.05) is 11.9 Å². The normalized spacial score (nSPS) is 10.7. The van der Waals surface area contributed by atoms with Gasteiger partial charge >= 0.3 is 0 Å². The van der Waals surface area contributed by atoms with Crippen molar-refractivity contribution in [2.45, 2.75) is 20.8 Å². The highest BCUT2D eigenvalue weighted by Crippen LogP contribution is 2.21. The number of nitrogens with zero attached hydrogens (tertiary/aromatic N) is 2. The highest BCUT2D eigenvalue weighted by molar-refractivity contribution is 7.15. The molecule has 0 saturated carbocycles. The molecule has 2 aromatic heterocycles. The summed E-state index contributed by atoms with van der Waals surface area (Å²) in [5, 5.41) is 6.98. The molecule has 0 saturated heterocycles. The molecule has 0 aliphatic rings. The van der Waals surface area contributed by atoms with Gasteiger partial charge in [-0.1, -0.05) is 17.7 Å². The van der Waals surface area contributed by atoms with Crippen LogP contribution in [0.25, 0.3) is 4.96 Å². The fourth-order valence-corrected chi connectivity index (χ4v) is 3.47. The van der Waals surface area contributed by atoms with E-state index in [0.29, 0.717) is 4.96 Å². The number of aromatic nitrogens is 2. The largest absolute Gasteiger partial charge is 0.343 e. The number of anilines is 1. The van der Waals surface area contributed by atoms with E-state index >= 15 is 0 Å². The Kier molecular flexibility index (Phi) is 4.85.